The van der Waals surface area contributed by atoms with Gasteiger partial charge in [-0.25, -0.2) is 8.42 Å². The summed E-state index contributed by atoms with van der Waals surface area (Å²) in [6.07, 6.45) is 0. The number of carbonyl (C=O) groups excluding carboxylic acids is 1. The van der Waals surface area contributed by atoms with Gasteiger partial charge in [0.1, 0.15) is 6.61 Å². The minimum Gasteiger partial charge on any atom is -0.382 e. The van der Waals surface area contributed by atoms with Gasteiger partial charge in [-0.05, 0) is 31.0 Å². The normalized spacial score (nSPS) is 16.2. The molecule has 7 nitrogen and oxygen atoms in total. The second kappa shape index (κ2) is 8.75. The summed E-state index contributed by atoms with van der Waals surface area (Å²) in [6, 6.07) is 5.42. The lowest BCUT2D eigenvalue weighted by Crippen LogP contribution is -2.51. The molecule has 1 aromatic carbocycles. The van der Waals surface area contributed by atoms with E-state index in [0.717, 1.165) is 11.1 Å². The smallest absolute Gasteiger partial charge is 0.248 e. The van der Waals surface area contributed by atoms with E-state index in [1.807, 2.05) is 19.1 Å². The van der Waals surface area contributed by atoms with Crippen molar-refractivity contribution in [3.8, 4) is 0 Å². The standard InChI is InChI=1S/C17H26N2O5S/c1-14-4-5-15(2)16(12-14)25(21,22)19-8-6-18(7-9-19)17(20)13-24-11-10-23-3/h4-5,12H,6-11,13H2,1-3H3. The average Bonchev–Trinajstić information content (AvgIpc) is 2.60. The number of aryl methyl sites for hydroxylation is 2. The first-order chi connectivity index (χ1) is 11.9. The zero-order chi connectivity index (χ0) is 18.4. The van der Waals surface area contributed by atoms with Gasteiger partial charge in [-0.3, -0.25) is 4.79 Å². The highest BCUT2D eigenvalue weighted by atomic mass is 32.2. The molecule has 0 unspecified atom stereocenters. The Balaban J connectivity index is 1.95. The van der Waals surface area contributed by atoms with Crippen LogP contribution in [0, 0.1) is 13.8 Å². The molecule has 0 radical (unpaired) electrons. The molecule has 0 atom stereocenters. The van der Waals surface area contributed by atoms with Crippen LogP contribution < -0.4 is 0 Å². The number of piperazine rings is 1. The predicted octanol–water partition coefficient (Wildman–Crippen LogP) is 0.799. The first-order valence-electron chi connectivity index (χ1n) is 8.28. The van der Waals surface area contributed by atoms with Crippen molar-refractivity contribution in [3.63, 3.8) is 0 Å². The van der Waals surface area contributed by atoms with E-state index in [4.69, 9.17) is 9.47 Å². The quantitative estimate of drug-likeness (QED) is 0.664. The molecule has 8 heteroatoms. The van der Waals surface area contributed by atoms with Crippen LogP contribution in [-0.2, 0) is 24.3 Å². The van der Waals surface area contributed by atoms with Crippen molar-refractivity contribution in [2.45, 2.75) is 18.7 Å². The maximum absolute atomic E-state index is 12.9. The van der Waals surface area contributed by atoms with Gasteiger partial charge in [0, 0.05) is 33.3 Å². The zero-order valence-corrected chi connectivity index (χ0v) is 15.8. The third-order valence-corrected chi connectivity index (χ3v) is 6.25. The summed E-state index contributed by atoms with van der Waals surface area (Å²) in [4.78, 5) is 14.1. The van der Waals surface area contributed by atoms with Crippen LogP contribution in [0.3, 0.4) is 0 Å². The van der Waals surface area contributed by atoms with Crippen LogP contribution in [0.25, 0.3) is 0 Å². The summed E-state index contributed by atoms with van der Waals surface area (Å²) in [7, 11) is -1.97. The molecule has 1 heterocycles. The van der Waals surface area contributed by atoms with Gasteiger partial charge in [-0.1, -0.05) is 12.1 Å². The van der Waals surface area contributed by atoms with Crippen LogP contribution in [0.2, 0.25) is 0 Å². The lowest BCUT2D eigenvalue weighted by molar-refractivity contribution is -0.137. The Hall–Kier alpha value is -1.48. The fourth-order valence-corrected chi connectivity index (χ4v) is 4.43. The van der Waals surface area contributed by atoms with Crippen molar-refractivity contribution < 1.29 is 22.7 Å². The molecule has 0 N–H and O–H groups in total. The summed E-state index contributed by atoms with van der Waals surface area (Å²) in [5.41, 5.74) is 1.64. The van der Waals surface area contributed by atoms with Crippen LogP contribution in [0.4, 0.5) is 0 Å². The molecule has 0 spiro atoms. The SMILES string of the molecule is COCCOCC(=O)N1CCN(S(=O)(=O)c2cc(C)ccc2C)CC1. The van der Waals surface area contributed by atoms with Gasteiger partial charge in [0.05, 0.1) is 18.1 Å². The van der Waals surface area contributed by atoms with E-state index in [0.29, 0.717) is 44.3 Å². The molecule has 0 bridgehead atoms. The van der Waals surface area contributed by atoms with Crippen molar-refractivity contribution in [1.29, 1.82) is 0 Å². The monoisotopic (exact) mass is 370 g/mol. The number of amides is 1. The first-order valence-corrected chi connectivity index (χ1v) is 9.72. The van der Waals surface area contributed by atoms with E-state index in [-0.39, 0.29) is 12.5 Å². The van der Waals surface area contributed by atoms with E-state index in [2.05, 4.69) is 0 Å². The number of nitrogens with zero attached hydrogens (tertiary/aromatic N) is 2. The predicted molar refractivity (Wildman–Crippen MR) is 93.9 cm³/mol. The molecule has 0 saturated carbocycles. The summed E-state index contributed by atoms with van der Waals surface area (Å²) < 4.78 is 37.3. The molecular weight excluding hydrogens is 344 g/mol. The molecule has 0 aliphatic carbocycles. The molecule has 25 heavy (non-hydrogen) atoms. The van der Waals surface area contributed by atoms with Gasteiger partial charge in [0.15, 0.2) is 0 Å². The Labute approximate surface area is 149 Å². The van der Waals surface area contributed by atoms with Gasteiger partial charge >= 0.3 is 0 Å². The number of ether oxygens (including phenoxy) is 2. The van der Waals surface area contributed by atoms with Crippen LogP contribution in [0.15, 0.2) is 23.1 Å². The topological polar surface area (TPSA) is 76.2 Å². The molecule has 1 aromatic rings. The number of benzene rings is 1. The van der Waals surface area contributed by atoms with E-state index in [1.165, 1.54) is 4.31 Å². The lowest BCUT2D eigenvalue weighted by Gasteiger charge is -2.34. The Morgan fingerprint density at radius 1 is 1.12 bits per heavy atom. The zero-order valence-electron chi connectivity index (χ0n) is 15.0. The van der Waals surface area contributed by atoms with Gasteiger partial charge in [0.25, 0.3) is 0 Å². The second-order valence-corrected chi connectivity index (χ2v) is 8.01. The van der Waals surface area contributed by atoms with Crippen molar-refractivity contribution in [2.75, 3.05) is 53.1 Å². The van der Waals surface area contributed by atoms with Crippen molar-refractivity contribution in [1.82, 2.24) is 9.21 Å². The van der Waals surface area contributed by atoms with Gasteiger partial charge in [0.2, 0.25) is 15.9 Å². The van der Waals surface area contributed by atoms with Gasteiger partial charge < -0.3 is 14.4 Å². The van der Waals surface area contributed by atoms with Crippen LogP contribution in [0.1, 0.15) is 11.1 Å². The molecule has 1 amide bonds. The molecule has 140 valence electrons. The number of hydrogen-bond donors (Lipinski definition) is 0. The largest absolute Gasteiger partial charge is 0.382 e. The number of carbonyl (C=O) groups is 1. The van der Waals surface area contributed by atoms with Crippen LogP contribution >= 0.6 is 0 Å². The Bertz CT molecular complexity index is 697. The third-order valence-electron chi connectivity index (χ3n) is 4.21. The van der Waals surface area contributed by atoms with Gasteiger partial charge in [-0.2, -0.15) is 4.31 Å². The maximum atomic E-state index is 12.9. The van der Waals surface area contributed by atoms with Crippen LogP contribution in [0.5, 0.6) is 0 Å². The first kappa shape index (κ1) is 19.8. The Kier molecular flexibility index (Phi) is 6.95. The maximum Gasteiger partial charge on any atom is 0.248 e. The Morgan fingerprint density at radius 2 is 1.80 bits per heavy atom. The number of rotatable bonds is 7. The molecule has 1 saturated heterocycles. The summed E-state index contributed by atoms with van der Waals surface area (Å²) in [6.45, 7) is 5.79. The summed E-state index contributed by atoms with van der Waals surface area (Å²) in [5, 5.41) is 0. The fraction of sp³-hybridized carbons (Fsp3) is 0.588. The Morgan fingerprint density at radius 3 is 2.44 bits per heavy atom. The number of sulfonamides is 1. The highest BCUT2D eigenvalue weighted by Crippen LogP contribution is 2.22. The van der Waals surface area contributed by atoms with E-state index < -0.39 is 10.0 Å². The van der Waals surface area contributed by atoms with E-state index >= 15 is 0 Å². The second-order valence-electron chi connectivity index (χ2n) is 6.10. The molecule has 0 aromatic heterocycles. The minimum atomic E-state index is -3.54. The van der Waals surface area contributed by atoms with E-state index in [1.54, 1.807) is 25.0 Å². The highest BCUT2D eigenvalue weighted by Gasteiger charge is 2.31. The third kappa shape index (κ3) is 5.01. The number of hydrogen-bond acceptors (Lipinski definition) is 5. The molecule has 2 rings (SSSR count). The molecular formula is C17H26N2O5S. The van der Waals surface area contributed by atoms with Gasteiger partial charge in [-0.15, -0.1) is 0 Å². The van der Waals surface area contributed by atoms with Crippen molar-refractivity contribution in [3.05, 3.63) is 29.3 Å². The van der Waals surface area contributed by atoms with E-state index in [9.17, 15) is 13.2 Å². The average molecular weight is 370 g/mol. The van der Waals surface area contributed by atoms with Crippen molar-refractivity contribution in [2.24, 2.45) is 0 Å². The molecule has 1 aliphatic rings. The minimum absolute atomic E-state index is 0.00685. The molecule has 1 aliphatic heterocycles. The fourth-order valence-electron chi connectivity index (χ4n) is 2.70. The summed E-state index contributed by atoms with van der Waals surface area (Å²) >= 11 is 0. The summed E-state index contributed by atoms with van der Waals surface area (Å²) in [5.74, 6) is -0.125. The number of methoxy groups -OCH3 is 1. The highest BCUT2D eigenvalue weighted by molar-refractivity contribution is 7.89. The molecule has 1 fully saturated rings. The van der Waals surface area contributed by atoms with Crippen LogP contribution in [-0.4, -0.2) is 76.6 Å². The lowest BCUT2D eigenvalue weighted by atomic mass is 10.2. The van der Waals surface area contributed by atoms with Crippen molar-refractivity contribution >= 4 is 15.9 Å².